The van der Waals surface area contributed by atoms with Crippen molar-refractivity contribution < 1.29 is 9.53 Å². The summed E-state index contributed by atoms with van der Waals surface area (Å²) in [5, 5.41) is 3.54. The largest absolute Gasteiger partial charge is 0.460 e. The van der Waals surface area contributed by atoms with Gasteiger partial charge in [-0.15, -0.1) is 12.4 Å². The highest BCUT2D eigenvalue weighted by Gasteiger charge is 2.34. The zero-order valence-corrected chi connectivity index (χ0v) is 13.1. The monoisotopic (exact) mass is 309 g/mol. The molecule has 3 nitrogen and oxygen atoms in total. The summed E-state index contributed by atoms with van der Waals surface area (Å²) in [5.41, 5.74) is 1.05. The SMILES string of the molecule is Cl.O=C(OCc1ccccc1)C1CCCC2CCCC2N1. The van der Waals surface area contributed by atoms with E-state index in [-0.39, 0.29) is 24.4 Å². The van der Waals surface area contributed by atoms with Crippen molar-refractivity contribution in [2.24, 2.45) is 5.92 Å². The Labute approximate surface area is 132 Å². The molecule has 0 amide bonds. The first-order valence-electron chi connectivity index (χ1n) is 7.79. The maximum Gasteiger partial charge on any atom is 0.323 e. The van der Waals surface area contributed by atoms with Gasteiger partial charge in [-0.05, 0) is 37.2 Å². The highest BCUT2D eigenvalue weighted by Crippen LogP contribution is 2.32. The van der Waals surface area contributed by atoms with Gasteiger partial charge in [0.1, 0.15) is 12.6 Å². The predicted molar refractivity (Wildman–Crippen MR) is 85.4 cm³/mol. The van der Waals surface area contributed by atoms with Gasteiger partial charge in [-0.25, -0.2) is 0 Å². The van der Waals surface area contributed by atoms with E-state index in [0.717, 1.165) is 24.3 Å². The van der Waals surface area contributed by atoms with E-state index < -0.39 is 0 Å². The Balaban J connectivity index is 0.00000161. The molecule has 1 aromatic carbocycles. The Hall–Kier alpha value is -1.06. The molecule has 0 spiro atoms. The maximum absolute atomic E-state index is 12.2. The van der Waals surface area contributed by atoms with Crippen LogP contribution < -0.4 is 5.32 Å². The van der Waals surface area contributed by atoms with Crippen molar-refractivity contribution in [3.8, 4) is 0 Å². The molecule has 0 aromatic heterocycles. The number of hydrogen-bond acceptors (Lipinski definition) is 3. The van der Waals surface area contributed by atoms with Gasteiger partial charge in [0, 0.05) is 6.04 Å². The minimum atomic E-state index is -0.105. The average Bonchev–Trinajstić information content (AvgIpc) is 2.83. The molecular formula is C17H24ClNO2. The molecule has 21 heavy (non-hydrogen) atoms. The molecule has 1 N–H and O–H groups in total. The highest BCUT2D eigenvalue weighted by molar-refractivity contribution is 5.85. The Morgan fingerprint density at radius 2 is 1.81 bits per heavy atom. The lowest BCUT2D eigenvalue weighted by Gasteiger charge is -2.21. The summed E-state index contributed by atoms with van der Waals surface area (Å²) in [4.78, 5) is 12.2. The summed E-state index contributed by atoms with van der Waals surface area (Å²) in [6, 6.07) is 10.3. The van der Waals surface area contributed by atoms with Gasteiger partial charge in [-0.1, -0.05) is 43.2 Å². The number of ether oxygens (including phenoxy) is 1. The number of esters is 1. The van der Waals surface area contributed by atoms with E-state index in [1.165, 1.54) is 25.7 Å². The zero-order chi connectivity index (χ0) is 13.8. The number of halogens is 1. The number of fused-ring (bicyclic) bond motifs is 1. The van der Waals surface area contributed by atoms with E-state index in [0.29, 0.717) is 12.6 Å². The minimum absolute atomic E-state index is 0. The van der Waals surface area contributed by atoms with Crippen LogP contribution in [0.25, 0.3) is 0 Å². The van der Waals surface area contributed by atoms with Gasteiger partial charge in [0.05, 0.1) is 0 Å². The second-order valence-corrected chi connectivity index (χ2v) is 6.04. The highest BCUT2D eigenvalue weighted by atomic mass is 35.5. The third kappa shape index (κ3) is 4.21. The van der Waals surface area contributed by atoms with Crippen LogP contribution in [0.4, 0.5) is 0 Å². The molecule has 116 valence electrons. The normalized spacial score (nSPS) is 28.1. The van der Waals surface area contributed by atoms with E-state index in [2.05, 4.69) is 5.32 Å². The van der Waals surface area contributed by atoms with Crippen molar-refractivity contribution in [2.75, 3.05) is 0 Å². The lowest BCUT2D eigenvalue weighted by atomic mass is 9.99. The Morgan fingerprint density at radius 1 is 1.10 bits per heavy atom. The lowest BCUT2D eigenvalue weighted by Crippen LogP contribution is -2.43. The molecule has 1 aromatic rings. The molecule has 1 aliphatic heterocycles. The quantitative estimate of drug-likeness (QED) is 0.869. The summed E-state index contributed by atoms with van der Waals surface area (Å²) < 4.78 is 5.47. The fourth-order valence-electron chi connectivity index (χ4n) is 3.54. The Bertz CT molecular complexity index is 451. The fraction of sp³-hybridized carbons (Fsp3) is 0.588. The molecule has 3 rings (SSSR count). The zero-order valence-electron chi connectivity index (χ0n) is 12.3. The van der Waals surface area contributed by atoms with Gasteiger partial charge in [-0.2, -0.15) is 0 Å². The van der Waals surface area contributed by atoms with Crippen molar-refractivity contribution in [3.63, 3.8) is 0 Å². The summed E-state index contributed by atoms with van der Waals surface area (Å²) in [7, 11) is 0. The molecule has 1 saturated carbocycles. The van der Waals surface area contributed by atoms with Gasteiger partial charge in [0.2, 0.25) is 0 Å². The predicted octanol–water partition coefficient (Wildman–Crippen LogP) is 3.46. The van der Waals surface area contributed by atoms with Crippen molar-refractivity contribution in [3.05, 3.63) is 35.9 Å². The van der Waals surface area contributed by atoms with Crippen LogP contribution in [0.1, 0.15) is 44.1 Å². The first kappa shape index (κ1) is 16.3. The lowest BCUT2D eigenvalue weighted by molar-refractivity contribution is -0.147. The second-order valence-electron chi connectivity index (χ2n) is 6.04. The van der Waals surface area contributed by atoms with E-state index in [1.807, 2.05) is 30.3 Å². The summed E-state index contributed by atoms with van der Waals surface area (Å²) in [5.74, 6) is 0.698. The average molecular weight is 310 g/mol. The molecule has 0 radical (unpaired) electrons. The van der Waals surface area contributed by atoms with Gasteiger partial charge in [-0.3, -0.25) is 4.79 Å². The molecule has 1 aliphatic carbocycles. The molecule has 2 fully saturated rings. The van der Waals surface area contributed by atoms with Crippen LogP contribution in [0.3, 0.4) is 0 Å². The summed E-state index contributed by atoms with van der Waals surface area (Å²) >= 11 is 0. The number of carbonyl (C=O) groups excluding carboxylic acids is 1. The summed E-state index contributed by atoms with van der Waals surface area (Å²) in [6.45, 7) is 0.381. The van der Waals surface area contributed by atoms with Crippen LogP contribution in [-0.4, -0.2) is 18.1 Å². The second kappa shape index (κ2) is 7.81. The topological polar surface area (TPSA) is 38.3 Å². The van der Waals surface area contributed by atoms with E-state index in [9.17, 15) is 4.79 Å². The first-order chi connectivity index (χ1) is 9.83. The molecule has 1 heterocycles. The van der Waals surface area contributed by atoms with E-state index in [4.69, 9.17) is 4.74 Å². The van der Waals surface area contributed by atoms with Crippen LogP contribution in [0, 0.1) is 5.92 Å². The van der Waals surface area contributed by atoms with Crippen molar-refractivity contribution in [1.82, 2.24) is 5.32 Å². The van der Waals surface area contributed by atoms with E-state index >= 15 is 0 Å². The van der Waals surface area contributed by atoms with Crippen molar-refractivity contribution in [1.29, 1.82) is 0 Å². The van der Waals surface area contributed by atoms with Crippen LogP contribution >= 0.6 is 12.4 Å². The Morgan fingerprint density at radius 3 is 2.57 bits per heavy atom. The molecule has 3 unspecified atom stereocenters. The standard InChI is InChI=1S/C17H23NO2.ClH/c19-17(20-12-13-6-2-1-3-7-13)16-11-5-9-14-8-4-10-15(14)18-16;/h1-3,6-7,14-16,18H,4-5,8-12H2;1H. The Kier molecular flexibility index (Phi) is 6.07. The molecule has 4 heteroatoms. The molecule has 3 atom stereocenters. The van der Waals surface area contributed by atoms with Crippen LogP contribution in [0.5, 0.6) is 0 Å². The van der Waals surface area contributed by atoms with Crippen LogP contribution in [0.15, 0.2) is 30.3 Å². The minimum Gasteiger partial charge on any atom is -0.460 e. The number of benzene rings is 1. The number of rotatable bonds is 3. The van der Waals surface area contributed by atoms with E-state index in [1.54, 1.807) is 0 Å². The van der Waals surface area contributed by atoms with Gasteiger partial charge in [0.25, 0.3) is 0 Å². The molecule has 0 bridgehead atoms. The number of hydrogen-bond donors (Lipinski definition) is 1. The van der Waals surface area contributed by atoms with Crippen molar-refractivity contribution in [2.45, 2.75) is 57.2 Å². The maximum atomic E-state index is 12.2. The van der Waals surface area contributed by atoms with Crippen molar-refractivity contribution >= 4 is 18.4 Å². The smallest absolute Gasteiger partial charge is 0.323 e. The molecule has 1 saturated heterocycles. The fourth-order valence-corrected chi connectivity index (χ4v) is 3.54. The first-order valence-corrected chi connectivity index (χ1v) is 7.79. The third-order valence-corrected chi connectivity index (χ3v) is 4.65. The van der Waals surface area contributed by atoms with Gasteiger partial charge in [0.15, 0.2) is 0 Å². The van der Waals surface area contributed by atoms with Crippen LogP contribution in [-0.2, 0) is 16.1 Å². The molecular weight excluding hydrogens is 286 g/mol. The third-order valence-electron chi connectivity index (χ3n) is 4.65. The van der Waals surface area contributed by atoms with Crippen LogP contribution in [0.2, 0.25) is 0 Å². The number of nitrogens with one attached hydrogen (secondary N) is 1. The number of carbonyl (C=O) groups is 1. The molecule has 2 aliphatic rings. The van der Waals surface area contributed by atoms with Gasteiger partial charge >= 0.3 is 5.97 Å². The summed E-state index contributed by atoms with van der Waals surface area (Å²) in [6.07, 6.45) is 7.16. The van der Waals surface area contributed by atoms with Gasteiger partial charge < -0.3 is 10.1 Å².